The highest BCUT2D eigenvalue weighted by Gasteiger charge is 2.21. The summed E-state index contributed by atoms with van der Waals surface area (Å²) in [6.07, 6.45) is 0.941. The summed E-state index contributed by atoms with van der Waals surface area (Å²) in [7, 11) is 1.64. The molecule has 16 heavy (non-hydrogen) atoms. The van der Waals surface area contributed by atoms with Gasteiger partial charge in [0.2, 0.25) is 5.91 Å². The van der Waals surface area contributed by atoms with Gasteiger partial charge in [0.25, 0.3) is 0 Å². The van der Waals surface area contributed by atoms with E-state index in [1.54, 1.807) is 7.11 Å². The Bertz CT molecular complexity index is 187. The fourth-order valence-corrected chi connectivity index (χ4v) is 1.51. The van der Waals surface area contributed by atoms with Crippen molar-refractivity contribution in [2.75, 3.05) is 46.6 Å². The Labute approximate surface area is 103 Å². The molecule has 0 radical (unpaired) electrons. The van der Waals surface area contributed by atoms with E-state index >= 15 is 0 Å². The molecule has 96 valence electrons. The number of carbonyl (C=O) groups is 1. The minimum atomic E-state index is 0. The number of hydrogen-bond donors (Lipinski definition) is 2. The first-order valence-electron chi connectivity index (χ1n) is 5.39. The van der Waals surface area contributed by atoms with Gasteiger partial charge in [-0.1, -0.05) is 0 Å². The Kier molecular flexibility index (Phi) is 9.62. The van der Waals surface area contributed by atoms with Crippen LogP contribution in [0.4, 0.5) is 0 Å². The first kappa shape index (κ1) is 15.6. The topological polar surface area (TPSA) is 59.6 Å². The number of halogens is 1. The maximum absolute atomic E-state index is 11.5. The molecule has 1 amide bonds. The molecule has 1 aliphatic heterocycles. The summed E-state index contributed by atoms with van der Waals surface area (Å²) in [6, 6.07) is 0. The van der Waals surface area contributed by atoms with Crippen molar-refractivity contribution in [3.63, 3.8) is 0 Å². The van der Waals surface area contributed by atoms with Gasteiger partial charge in [0.1, 0.15) is 0 Å². The number of amides is 1. The predicted octanol–water partition coefficient (Wildman–Crippen LogP) is -0.203. The molecule has 0 spiro atoms. The zero-order valence-electron chi connectivity index (χ0n) is 9.66. The average Bonchev–Trinajstić information content (AvgIpc) is 2.76. The van der Waals surface area contributed by atoms with Crippen LogP contribution < -0.4 is 10.6 Å². The zero-order chi connectivity index (χ0) is 10.9. The predicted molar refractivity (Wildman–Crippen MR) is 63.9 cm³/mol. The van der Waals surface area contributed by atoms with Gasteiger partial charge in [-0.25, -0.2) is 0 Å². The molecule has 1 fully saturated rings. The van der Waals surface area contributed by atoms with Crippen molar-refractivity contribution >= 4 is 18.3 Å². The summed E-state index contributed by atoms with van der Waals surface area (Å²) in [4.78, 5) is 11.5. The van der Waals surface area contributed by atoms with Crippen LogP contribution in [0, 0.1) is 5.92 Å². The van der Waals surface area contributed by atoms with E-state index in [1.165, 1.54) is 0 Å². The minimum Gasteiger partial charge on any atom is -0.382 e. The van der Waals surface area contributed by atoms with Crippen LogP contribution in [-0.4, -0.2) is 52.5 Å². The quantitative estimate of drug-likeness (QED) is 0.616. The van der Waals surface area contributed by atoms with Crippen molar-refractivity contribution in [2.24, 2.45) is 5.92 Å². The van der Waals surface area contributed by atoms with Gasteiger partial charge >= 0.3 is 0 Å². The van der Waals surface area contributed by atoms with E-state index in [0.717, 1.165) is 19.5 Å². The summed E-state index contributed by atoms with van der Waals surface area (Å²) in [5.74, 6) is 0.277. The van der Waals surface area contributed by atoms with Gasteiger partial charge < -0.3 is 20.1 Å². The van der Waals surface area contributed by atoms with E-state index in [9.17, 15) is 4.79 Å². The van der Waals surface area contributed by atoms with Gasteiger partial charge in [-0.2, -0.15) is 0 Å². The summed E-state index contributed by atoms with van der Waals surface area (Å²) >= 11 is 0. The molecular weight excluding hydrogens is 232 g/mol. The fourth-order valence-electron chi connectivity index (χ4n) is 1.51. The summed E-state index contributed by atoms with van der Waals surface area (Å²) in [6.45, 7) is 4.06. The lowest BCUT2D eigenvalue weighted by atomic mass is 10.1. The number of nitrogens with one attached hydrogen (secondary N) is 2. The van der Waals surface area contributed by atoms with Crippen LogP contribution >= 0.6 is 12.4 Å². The molecule has 1 saturated heterocycles. The molecule has 0 aliphatic carbocycles. The number of hydrogen-bond acceptors (Lipinski definition) is 4. The molecule has 0 aromatic heterocycles. The first-order chi connectivity index (χ1) is 7.34. The van der Waals surface area contributed by atoms with Gasteiger partial charge in [0.15, 0.2) is 0 Å². The summed E-state index contributed by atoms with van der Waals surface area (Å²) < 4.78 is 10.1. The second-order valence-corrected chi connectivity index (χ2v) is 3.59. The first-order valence-corrected chi connectivity index (χ1v) is 5.39. The minimum absolute atomic E-state index is 0. The number of carbonyl (C=O) groups excluding carboxylic acids is 1. The SMILES string of the molecule is COCCOCCNC(=O)[C@@H]1CCNC1.Cl. The zero-order valence-corrected chi connectivity index (χ0v) is 10.5. The largest absolute Gasteiger partial charge is 0.382 e. The van der Waals surface area contributed by atoms with Crippen LogP contribution in [0.2, 0.25) is 0 Å². The van der Waals surface area contributed by atoms with E-state index < -0.39 is 0 Å². The van der Waals surface area contributed by atoms with Gasteiger partial charge in [0.05, 0.1) is 25.7 Å². The third-order valence-electron chi connectivity index (χ3n) is 2.41. The van der Waals surface area contributed by atoms with E-state index in [1.807, 2.05) is 0 Å². The lowest BCUT2D eigenvalue weighted by Gasteiger charge is -2.09. The third-order valence-corrected chi connectivity index (χ3v) is 2.41. The van der Waals surface area contributed by atoms with Gasteiger partial charge in [-0.05, 0) is 13.0 Å². The van der Waals surface area contributed by atoms with Crippen LogP contribution in [0.25, 0.3) is 0 Å². The Morgan fingerprint density at radius 2 is 2.25 bits per heavy atom. The fraction of sp³-hybridized carbons (Fsp3) is 0.900. The number of rotatable bonds is 7. The lowest BCUT2D eigenvalue weighted by molar-refractivity contribution is -0.124. The summed E-state index contributed by atoms with van der Waals surface area (Å²) in [5, 5.41) is 6.02. The average molecular weight is 253 g/mol. The van der Waals surface area contributed by atoms with E-state index in [4.69, 9.17) is 9.47 Å². The maximum Gasteiger partial charge on any atom is 0.224 e. The second kappa shape index (κ2) is 9.84. The monoisotopic (exact) mass is 252 g/mol. The molecule has 2 N–H and O–H groups in total. The Morgan fingerprint density at radius 1 is 1.44 bits per heavy atom. The van der Waals surface area contributed by atoms with Crippen molar-refractivity contribution < 1.29 is 14.3 Å². The van der Waals surface area contributed by atoms with E-state index in [2.05, 4.69) is 10.6 Å². The van der Waals surface area contributed by atoms with Crippen molar-refractivity contribution in [3.8, 4) is 0 Å². The molecule has 0 saturated carbocycles. The number of methoxy groups -OCH3 is 1. The molecule has 1 rings (SSSR count). The molecule has 0 bridgehead atoms. The molecule has 0 unspecified atom stereocenters. The number of ether oxygens (including phenoxy) is 2. The van der Waals surface area contributed by atoms with Crippen molar-refractivity contribution in [2.45, 2.75) is 6.42 Å². The molecule has 1 atom stereocenters. The normalized spacial score (nSPS) is 19.2. The molecule has 1 heterocycles. The maximum atomic E-state index is 11.5. The molecule has 0 aromatic carbocycles. The van der Waals surface area contributed by atoms with E-state index in [-0.39, 0.29) is 24.2 Å². The highest BCUT2D eigenvalue weighted by Crippen LogP contribution is 2.06. The molecular formula is C10H21ClN2O3. The smallest absolute Gasteiger partial charge is 0.224 e. The van der Waals surface area contributed by atoms with Crippen molar-refractivity contribution in [1.29, 1.82) is 0 Å². The van der Waals surface area contributed by atoms with Gasteiger partial charge in [0, 0.05) is 20.2 Å². The highest BCUT2D eigenvalue weighted by molar-refractivity contribution is 5.85. The van der Waals surface area contributed by atoms with Crippen LogP contribution in [-0.2, 0) is 14.3 Å². The Balaban J connectivity index is 0.00000225. The molecule has 6 heteroatoms. The van der Waals surface area contributed by atoms with Gasteiger partial charge in [-0.15, -0.1) is 12.4 Å². The van der Waals surface area contributed by atoms with Crippen molar-refractivity contribution in [3.05, 3.63) is 0 Å². The highest BCUT2D eigenvalue weighted by atomic mass is 35.5. The van der Waals surface area contributed by atoms with Gasteiger partial charge in [-0.3, -0.25) is 4.79 Å². The second-order valence-electron chi connectivity index (χ2n) is 3.59. The molecule has 0 aromatic rings. The Morgan fingerprint density at radius 3 is 2.88 bits per heavy atom. The lowest BCUT2D eigenvalue weighted by Crippen LogP contribution is -2.34. The van der Waals surface area contributed by atoms with Crippen LogP contribution in [0.3, 0.4) is 0 Å². The standard InChI is InChI=1S/C10H20N2O3.ClH/c1-14-6-7-15-5-4-12-10(13)9-2-3-11-8-9;/h9,11H,2-8H2,1H3,(H,12,13);1H/t9-;/m1./s1. The van der Waals surface area contributed by atoms with E-state index in [0.29, 0.717) is 26.4 Å². The van der Waals surface area contributed by atoms with Crippen molar-refractivity contribution in [1.82, 2.24) is 10.6 Å². The molecule has 5 nitrogen and oxygen atoms in total. The third kappa shape index (κ3) is 6.27. The Hall–Kier alpha value is -0.360. The van der Waals surface area contributed by atoms with Crippen LogP contribution in [0.5, 0.6) is 0 Å². The molecule has 1 aliphatic rings. The summed E-state index contributed by atoms with van der Waals surface area (Å²) in [5.41, 5.74) is 0. The van der Waals surface area contributed by atoms with Crippen LogP contribution in [0.1, 0.15) is 6.42 Å². The van der Waals surface area contributed by atoms with Crippen LogP contribution in [0.15, 0.2) is 0 Å².